The van der Waals surface area contributed by atoms with Crippen LogP contribution < -0.4 is 24.8 Å². The molecular weight excluding hydrogens is 483 g/mol. The number of fused-ring (bicyclic) bond motifs is 2. The standard InChI is InChI=1S/C14H10N.C9H9P.2ClH.Zr/c1-2-6-12-11(5-1)8-9-13(12)14-7-3-4-10-15-14;1-2-8-6-7-4-3-5-9(7)10-8;;;/h1-8,10,13H;3-6H,2H2,1H3;2*1H;/q;;;;+2/p-2. The maximum absolute atomic E-state index is 4.48. The van der Waals surface area contributed by atoms with E-state index < -0.39 is 0 Å². The molecule has 2 aromatic rings. The van der Waals surface area contributed by atoms with Crippen LogP contribution in [0, 0.1) is 0 Å². The van der Waals surface area contributed by atoms with Gasteiger partial charge in [0.2, 0.25) is 0 Å². The van der Waals surface area contributed by atoms with E-state index in [1.165, 1.54) is 64.6 Å². The molecule has 0 saturated carbocycles. The van der Waals surface area contributed by atoms with Crippen molar-refractivity contribution in [2.45, 2.75) is 19.3 Å². The van der Waals surface area contributed by atoms with Crippen LogP contribution in [0.1, 0.15) is 36.1 Å². The molecule has 2 aliphatic carbocycles. The Morgan fingerprint density at radius 2 is 1.82 bits per heavy atom. The summed E-state index contributed by atoms with van der Waals surface area (Å²) >= 11 is 1.48. The van der Waals surface area contributed by atoms with Gasteiger partial charge in [0.25, 0.3) is 0 Å². The Kier molecular flexibility index (Phi) is 8.85. The molecule has 0 amide bonds. The predicted molar refractivity (Wildman–Crippen MR) is 108 cm³/mol. The molecule has 0 bridgehead atoms. The van der Waals surface area contributed by atoms with Gasteiger partial charge in [-0.15, -0.1) is 0 Å². The van der Waals surface area contributed by atoms with Gasteiger partial charge in [-0.05, 0) is 29.4 Å². The van der Waals surface area contributed by atoms with Crippen molar-refractivity contribution in [3.05, 3.63) is 104 Å². The van der Waals surface area contributed by atoms with Crippen LogP contribution in [0.3, 0.4) is 0 Å². The van der Waals surface area contributed by atoms with E-state index in [9.17, 15) is 0 Å². The number of halogens is 2. The average molecular weight is 503 g/mol. The number of aromatic nitrogens is 1. The van der Waals surface area contributed by atoms with Crippen molar-refractivity contribution in [1.82, 2.24) is 4.98 Å². The molecule has 0 spiro atoms. The van der Waals surface area contributed by atoms with Crippen molar-refractivity contribution >= 4 is 19.6 Å². The van der Waals surface area contributed by atoms with E-state index in [2.05, 4.69) is 78.7 Å². The molecule has 2 heterocycles. The van der Waals surface area contributed by atoms with Gasteiger partial charge >= 0.3 is 110 Å². The third-order valence-corrected chi connectivity index (χ3v) is 7.13. The van der Waals surface area contributed by atoms with Crippen molar-refractivity contribution in [3.63, 3.8) is 0 Å². The average Bonchev–Trinajstić information content (AvgIpc) is 3.34. The van der Waals surface area contributed by atoms with Crippen LogP contribution in [0.15, 0.2) is 87.1 Å². The van der Waals surface area contributed by atoms with Crippen molar-refractivity contribution in [2.24, 2.45) is 0 Å². The zero-order chi connectivity index (χ0) is 17.9. The van der Waals surface area contributed by atoms with E-state index in [0.717, 1.165) is 5.69 Å². The number of hydrogen-bond donors (Lipinski definition) is 0. The zero-order valence-corrected chi connectivity index (χ0v) is 20.3. The SMILES string of the molecule is CCC1=PC2=CC=CC2=C1.[Cl-].[Cl-].[Zr+2][C]1=Cc2ccccc2C1c1ccccn1. The summed E-state index contributed by atoms with van der Waals surface area (Å²) in [4.78, 5) is 4.48. The van der Waals surface area contributed by atoms with Gasteiger partial charge in [0, 0.05) is 5.31 Å². The number of pyridine rings is 1. The molecule has 5 heteroatoms. The molecule has 0 N–H and O–H groups in total. The molecule has 5 rings (SSSR count). The van der Waals surface area contributed by atoms with E-state index >= 15 is 0 Å². The number of rotatable bonds is 2. The van der Waals surface area contributed by atoms with Crippen molar-refractivity contribution in [2.75, 3.05) is 0 Å². The zero-order valence-electron chi connectivity index (χ0n) is 15.4. The molecule has 0 radical (unpaired) electrons. The Morgan fingerprint density at radius 3 is 2.54 bits per heavy atom. The quantitative estimate of drug-likeness (QED) is 0.529. The molecule has 3 aliphatic rings. The van der Waals surface area contributed by atoms with E-state index in [-0.39, 0.29) is 24.8 Å². The van der Waals surface area contributed by atoms with Gasteiger partial charge in [-0.1, -0.05) is 27.3 Å². The summed E-state index contributed by atoms with van der Waals surface area (Å²) in [7, 11) is 1.43. The van der Waals surface area contributed by atoms with E-state index in [1.54, 1.807) is 5.29 Å². The minimum absolute atomic E-state index is 0. The molecule has 0 saturated heterocycles. The van der Waals surface area contributed by atoms with Crippen LogP contribution in [-0.4, -0.2) is 10.3 Å². The third kappa shape index (κ3) is 4.92. The van der Waals surface area contributed by atoms with Gasteiger partial charge < -0.3 is 24.8 Å². The maximum atomic E-state index is 4.48. The molecule has 28 heavy (non-hydrogen) atoms. The van der Waals surface area contributed by atoms with Gasteiger partial charge in [-0.3, -0.25) is 0 Å². The summed E-state index contributed by atoms with van der Waals surface area (Å²) in [6, 6.07) is 14.7. The second-order valence-electron chi connectivity index (χ2n) is 6.38. The topological polar surface area (TPSA) is 12.9 Å². The molecule has 1 atom stereocenters. The van der Waals surface area contributed by atoms with Crippen molar-refractivity contribution in [1.29, 1.82) is 0 Å². The first-order valence-electron chi connectivity index (χ1n) is 8.87. The summed E-state index contributed by atoms with van der Waals surface area (Å²) in [5.74, 6) is 0.385. The molecule has 1 nitrogen and oxygen atoms in total. The second kappa shape index (κ2) is 10.7. The van der Waals surface area contributed by atoms with Gasteiger partial charge in [-0.25, -0.2) is 0 Å². The second-order valence-corrected chi connectivity index (χ2v) is 9.08. The van der Waals surface area contributed by atoms with Gasteiger partial charge in [0.15, 0.2) is 0 Å². The van der Waals surface area contributed by atoms with Crippen molar-refractivity contribution in [3.8, 4) is 0 Å². The van der Waals surface area contributed by atoms with E-state index in [0.29, 0.717) is 5.92 Å². The van der Waals surface area contributed by atoms with Crippen LogP contribution in [0.25, 0.3) is 6.08 Å². The van der Waals surface area contributed by atoms with Crippen LogP contribution >= 0.6 is 8.20 Å². The molecular formula is C23H19Cl2NPZr. The predicted octanol–water partition coefficient (Wildman–Crippen LogP) is 0.0315. The molecule has 1 unspecified atom stereocenters. The van der Waals surface area contributed by atoms with Crippen LogP contribution in [-0.2, 0) is 24.7 Å². The molecule has 0 fully saturated rings. The Balaban J connectivity index is 0.000000204. The Hall–Kier alpha value is -1.04. The first-order valence-corrected chi connectivity index (χ1v) is 11.0. The Labute approximate surface area is 196 Å². The number of nitrogens with zero attached hydrogens (tertiary/aromatic N) is 1. The molecule has 1 aromatic carbocycles. The van der Waals surface area contributed by atoms with Crippen LogP contribution in [0.4, 0.5) is 0 Å². The fourth-order valence-electron chi connectivity index (χ4n) is 3.39. The first-order chi connectivity index (χ1) is 12.8. The monoisotopic (exact) mass is 500 g/mol. The summed E-state index contributed by atoms with van der Waals surface area (Å²) in [5, 5.41) is 3.03. The van der Waals surface area contributed by atoms with Crippen LogP contribution in [0.5, 0.6) is 0 Å². The summed E-state index contributed by atoms with van der Waals surface area (Å²) in [5.41, 5.74) is 5.34. The number of hydrogen-bond acceptors (Lipinski definition) is 1. The minimum atomic E-state index is 0. The third-order valence-electron chi connectivity index (χ3n) is 4.69. The first kappa shape index (κ1) is 23.2. The van der Waals surface area contributed by atoms with Gasteiger partial charge in [-0.2, -0.15) is 0 Å². The fourth-order valence-corrected chi connectivity index (χ4v) is 5.61. The van der Waals surface area contributed by atoms with Crippen LogP contribution in [0.2, 0.25) is 0 Å². The van der Waals surface area contributed by atoms with Crippen molar-refractivity contribution < 1.29 is 49.5 Å². The van der Waals surface area contributed by atoms with E-state index in [1.807, 2.05) is 12.3 Å². The summed E-state index contributed by atoms with van der Waals surface area (Å²) in [6.07, 6.45) is 14.2. The van der Waals surface area contributed by atoms with Gasteiger partial charge in [0.05, 0.1) is 0 Å². The van der Waals surface area contributed by atoms with E-state index in [4.69, 9.17) is 0 Å². The number of benzene rings is 1. The summed E-state index contributed by atoms with van der Waals surface area (Å²) in [6.45, 7) is 2.21. The Bertz CT molecular complexity index is 991. The Morgan fingerprint density at radius 1 is 1.04 bits per heavy atom. The van der Waals surface area contributed by atoms with Gasteiger partial charge in [0.1, 0.15) is 0 Å². The molecule has 1 aliphatic heterocycles. The summed E-state index contributed by atoms with van der Waals surface area (Å²) < 4.78 is 1.46. The number of allylic oxidation sites excluding steroid dienone is 7. The molecule has 139 valence electrons. The normalized spacial score (nSPS) is 18.2. The molecule has 1 aromatic heterocycles. The fraction of sp³-hybridized carbons (Fsp3) is 0.130.